The van der Waals surface area contributed by atoms with Gasteiger partial charge >= 0.3 is 0 Å². The first kappa shape index (κ1) is 15.1. The molecule has 106 valence electrons. The van der Waals surface area contributed by atoms with E-state index in [9.17, 15) is 0 Å². The highest BCUT2D eigenvalue weighted by Crippen LogP contribution is 2.39. The highest BCUT2D eigenvalue weighted by atomic mass is 79.9. The van der Waals surface area contributed by atoms with Gasteiger partial charge in [-0.1, -0.05) is 60.8 Å². The lowest BCUT2D eigenvalue weighted by atomic mass is 9.84. The molecule has 0 radical (unpaired) electrons. The maximum absolute atomic E-state index is 3.74. The van der Waals surface area contributed by atoms with E-state index in [4.69, 9.17) is 0 Å². The van der Waals surface area contributed by atoms with Crippen molar-refractivity contribution in [3.63, 3.8) is 0 Å². The Hall–Kier alpha value is -0.340. The second-order valence-electron chi connectivity index (χ2n) is 6.22. The van der Waals surface area contributed by atoms with Crippen LogP contribution in [-0.4, -0.2) is 13.1 Å². The normalized spacial score (nSPS) is 18.1. The average molecular weight is 324 g/mol. The highest BCUT2D eigenvalue weighted by Gasteiger charge is 2.27. The molecule has 2 heteroatoms. The first-order chi connectivity index (χ1) is 9.18. The Morgan fingerprint density at radius 3 is 2.47 bits per heavy atom. The van der Waals surface area contributed by atoms with Gasteiger partial charge in [0.2, 0.25) is 0 Å². The van der Waals surface area contributed by atoms with Crippen LogP contribution in [0.25, 0.3) is 0 Å². The fourth-order valence-corrected chi connectivity index (χ4v) is 3.77. The molecular weight excluding hydrogens is 298 g/mol. The smallest absolute Gasteiger partial charge is 0.0210 e. The van der Waals surface area contributed by atoms with Gasteiger partial charge in [-0.05, 0) is 42.9 Å². The number of nitrogens with one attached hydrogen (secondary N) is 1. The summed E-state index contributed by atoms with van der Waals surface area (Å²) < 4.78 is 1.28. The third-order valence-electron chi connectivity index (χ3n) is 4.19. The van der Waals surface area contributed by atoms with Crippen molar-refractivity contribution in [2.75, 3.05) is 13.1 Å². The summed E-state index contributed by atoms with van der Waals surface area (Å²) in [6, 6.07) is 8.76. The Morgan fingerprint density at radius 1 is 1.16 bits per heavy atom. The van der Waals surface area contributed by atoms with E-state index in [1.165, 1.54) is 35.7 Å². The Morgan fingerprint density at radius 2 is 1.84 bits per heavy atom. The first-order valence-corrected chi connectivity index (χ1v) is 8.43. The first-order valence-electron chi connectivity index (χ1n) is 7.63. The summed E-state index contributed by atoms with van der Waals surface area (Å²) in [6.07, 6.45) is 5.62. The van der Waals surface area contributed by atoms with Gasteiger partial charge in [0.05, 0.1) is 0 Å². The summed E-state index contributed by atoms with van der Waals surface area (Å²) in [7, 11) is 0. The van der Waals surface area contributed by atoms with Gasteiger partial charge in [0.1, 0.15) is 0 Å². The Balaban J connectivity index is 2.07. The van der Waals surface area contributed by atoms with E-state index in [0.29, 0.717) is 5.92 Å². The lowest BCUT2D eigenvalue weighted by Gasteiger charge is -2.26. The molecule has 19 heavy (non-hydrogen) atoms. The third kappa shape index (κ3) is 4.32. The molecule has 1 N–H and O–H groups in total. The standard InChI is InChI=1S/C17H26BrN/c1-13(2)11-19-12-16(14-7-3-4-8-14)15-9-5-6-10-17(15)18/h5-6,9-10,13-14,16,19H,3-4,7-8,11-12H2,1-2H3. The van der Waals surface area contributed by atoms with Crippen LogP contribution in [-0.2, 0) is 0 Å². The molecule has 2 rings (SSSR count). The van der Waals surface area contributed by atoms with E-state index >= 15 is 0 Å². The van der Waals surface area contributed by atoms with Gasteiger partial charge in [-0.2, -0.15) is 0 Å². The molecule has 1 aliphatic carbocycles. The lowest BCUT2D eigenvalue weighted by molar-refractivity contribution is 0.399. The fourth-order valence-electron chi connectivity index (χ4n) is 3.19. The molecule has 0 amide bonds. The molecule has 1 aromatic carbocycles. The molecule has 1 aliphatic rings. The maximum Gasteiger partial charge on any atom is 0.0210 e. The van der Waals surface area contributed by atoms with Crippen LogP contribution in [0.1, 0.15) is 51.0 Å². The van der Waals surface area contributed by atoms with Crippen LogP contribution in [0.4, 0.5) is 0 Å². The van der Waals surface area contributed by atoms with Crippen LogP contribution in [0.2, 0.25) is 0 Å². The van der Waals surface area contributed by atoms with Crippen molar-refractivity contribution in [2.45, 2.75) is 45.4 Å². The molecule has 1 saturated carbocycles. The molecule has 1 unspecified atom stereocenters. The van der Waals surface area contributed by atoms with Gasteiger partial charge in [-0.25, -0.2) is 0 Å². The second kappa shape index (κ2) is 7.44. The number of hydrogen-bond acceptors (Lipinski definition) is 1. The van der Waals surface area contributed by atoms with Crippen LogP contribution < -0.4 is 5.32 Å². The van der Waals surface area contributed by atoms with Crippen molar-refractivity contribution in [1.29, 1.82) is 0 Å². The highest BCUT2D eigenvalue weighted by molar-refractivity contribution is 9.10. The van der Waals surface area contributed by atoms with Gasteiger partial charge in [0, 0.05) is 16.9 Å². The minimum absolute atomic E-state index is 0.664. The minimum atomic E-state index is 0.664. The zero-order chi connectivity index (χ0) is 13.7. The van der Waals surface area contributed by atoms with Crippen LogP contribution >= 0.6 is 15.9 Å². The third-order valence-corrected chi connectivity index (χ3v) is 4.91. The lowest BCUT2D eigenvalue weighted by Crippen LogP contribution is -2.28. The summed E-state index contributed by atoms with van der Waals surface area (Å²) in [6.45, 7) is 6.78. The Kier molecular flexibility index (Phi) is 5.90. The molecule has 1 aromatic rings. The van der Waals surface area contributed by atoms with E-state index in [-0.39, 0.29) is 0 Å². The predicted molar refractivity (Wildman–Crippen MR) is 86.5 cm³/mol. The number of rotatable bonds is 6. The van der Waals surface area contributed by atoms with E-state index in [1.54, 1.807) is 0 Å². The fraction of sp³-hybridized carbons (Fsp3) is 0.647. The van der Waals surface area contributed by atoms with Gasteiger partial charge in [-0.3, -0.25) is 0 Å². The van der Waals surface area contributed by atoms with Gasteiger partial charge in [-0.15, -0.1) is 0 Å². The van der Waals surface area contributed by atoms with Crippen molar-refractivity contribution < 1.29 is 0 Å². The topological polar surface area (TPSA) is 12.0 Å². The van der Waals surface area contributed by atoms with Gasteiger partial charge in [0.15, 0.2) is 0 Å². The Bertz CT molecular complexity index is 383. The summed E-state index contributed by atoms with van der Waals surface area (Å²) in [5.41, 5.74) is 1.49. The van der Waals surface area contributed by atoms with Gasteiger partial charge in [0.25, 0.3) is 0 Å². The molecule has 0 bridgehead atoms. The van der Waals surface area contributed by atoms with E-state index in [2.05, 4.69) is 59.4 Å². The van der Waals surface area contributed by atoms with Crippen LogP contribution in [0.3, 0.4) is 0 Å². The molecule has 1 fully saturated rings. The molecule has 0 aliphatic heterocycles. The van der Waals surface area contributed by atoms with Crippen LogP contribution in [0, 0.1) is 11.8 Å². The summed E-state index contributed by atoms with van der Waals surface area (Å²) >= 11 is 3.74. The second-order valence-corrected chi connectivity index (χ2v) is 7.08. The molecule has 0 aromatic heterocycles. The minimum Gasteiger partial charge on any atom is -0.316 e. The van der Waals surface area contributed by atoms with E-state index in [1.807, 2.05) is 0 Å². The number of hydrogen-bond donors (Lipinski definition) is 1. The van der Waals surface area contributed by atoms with Gasteiger partial charge < -0.3 is 5.32 Å². The van der Waals surface area contributed by atoms with Crippen molar-refractivity contribution in [3.05, 3.63) is 34.3 Å². The zero-order valence-electron chi connectivity index (χ0n) is 12.2. The SMILES string of the molecule is CC(C)CNCC(c1ccccc1Br)C1CCCC1. The van der Waals surface area contributed by atoms with E-state index < -0.39 is 0 Å². The molecule has 1 atom stereocenters. The summed E-state index contributed by atoms with van der Waals surface area (Å²) in [5, 5.41) is 3.67. The monoisotopic (exact) mass is 323 g/mol. The largest absolute Gasteiger partial charge is 0.316 e. The van der Waals surface area contributed by atoms with Crippen molar-refractivity contribution in [2.24, 2.45) is 11.8 Å². The molecule has 0 saturated heterocycles. The predicted octanol–water partition coefficient (Wildman–Crippen LogP) is 4.97. The van der Waals surface area contributed by atoms with Crippen LogP contribution in [0.5, 0.6) is 0 Å². The van der Waals surface area contributed by atoms with Crippen molar-refractivity contribution >= 4 is 15.9 Å². The number of benzene rings is 1. The molecular formula is C17H26BrN. The van der Waals surface area contributed by atoms with Crippen molar-refractivity contribution in [3.8, 4) is 0 Å². The summed E-state index contributed by atoms with van der Waals surface area (Å²) in [4.78, 5) is 0. The number of halogens is 1. The molecule has 0 heterocycles. The van der Waals surface area contributed by atoms with E-state index in [0.717, 1.165) is 24.9 Å². The van der Waals surface area contributed by atoms with Crippen molar-refractivity contribution in [1.82, 2.24) is 5.32 Å². The maximum atomic E-state index is 3.74. The molecule has 0 spiro atoms. The zero-order valence-corrected chi connectivity index (χ0v) is 13.7. The average Bonchev–Trinajstić information content (AvgIpc) is 2.89. The summed E-state index contributed by atoms with van der Waals surface area (Å²) in [5.74, 6) is 2.25. The quantitative estimate of drug-likeness (QED) is 0.779. The van der Waals surface area contributed by atoms with Crippen LogP contribution in [0.15, 0.2) is 28.7 Å². The Labute approximate surface area is 126 Å². The molecule has 1 nitrogen and oxygen atoms in total.